The number of halogens is 1. The van der Waals surface area contributed by atoms with Crippen LogP contribution in [-0.2, 0) is 6.54 Å². The van der Waals surface area contributed by atoms with Gasteiger partial charge in [-0.05, 0) is 56.4 Å². The Kier molecular flexibility index (Phi) is 7.23. The molecule has 11 heteroatoms. The number of aromatic nitrogens is 5. The Morgan fingerprint density at radius 1 is 1.41 bits per heavy atom. The first kappa shape index (κ1) is 23.8. The molecule has 172 valence electrons. The number of fused-ring (bicyclic) bond motifs is 1. The van der Waals surface area contributed by atoms with Crippen molar-refractivity contribution in [1.82, 2.24) is 30.2 Å². The van der Waals surface area contributed by atoms with Gasteiger partial charge in [0.25, 0.3) is 0 Å². The largest absolute Gasteiger partial charge is 0.489 e. The van der Waals surface area contributed by atoms with Crippen molar-refractivity contribution < 1.29 is 14.5 Å². The molecule has 0 saturated carbocycles. The summed E-state index contributed by atoms with van der Waals surface area (Å²) in [4.78, 5) is 9.20. The Morgan fingerprint density at radius 3 is 2.84 bits per heavy atom. The molecule has 32 heavy (non-hydrogen) atoms. The fourth-order valence-corrected chi connectivity index (χ4v) is 3.64. The number of nitrogens with two attached hydrogens (primary N) is 1. The van der Waals surface area contributed by atoms with Crippen LogP contribution in [0.15, 0.2) is 10.8 Å². The van der Waals surface area contributed by atoms with Crippen molar-refractivity contribution in [3.63, 3.8) is 0 Å². The Labute approximate surface area is 192 Å². The minimum absolute atomic E-state index is 0. The van der Waals surface area contributed by atoms with E-state index in [1.165, 1.54) is 0 Å². The van der Waals surface area contributed by atoms with Crippen LogP contribution in [0.25, 0.3) is 22.6 Å². The highest BCUT2D eigenvalue weighted by Gasteiger charge is 2.24. The number of hydrogen-bond donors (Lipinski definition) is 3. The van der Waals surface area contributed by atoms with Gasteiger partial charge in [0.15, 0.2) is 23.1 Å². The van der Waals surface area contributed by atoms with E-state index < -0.39 is 5.60 Å². The van der Waals surface area contributed by atoms with Crippen molar-refractivity contribution in [3.05, 3.63) is 11.9 Å². The smallest absolute Gasteiger partial charge is 0.199 e. The third-order valence-electron chi connectivity index (χ3n) is 5.14. The van der Waals surface area contributed by atoms with Gasteiger partial charge in [-0.2, -0.15) is 0 Å². The highest BCUT2D eigenvalue weighted by atomic mass is 35.5. The maximum atomic E-state index is 10.0. The maximum Gasteiger partial charge on any atom is 0.199 e. The number of anilines is 1. The van der Waals surface area contributed by atoms with Gasteiger partial charge >= 0.3 is 0 Å². The highest BCUT2D eigenvalue weighted by Crippen LogP contribution is 2.33. The molecule has 1 aliphatic heterocycles. The van der Waals surface area contributed by atoms with Crippen molar-refractivity contribution in [2.24, 2.45) is 5.92 Å². The standard InChI is InChI=1S/C21H27N7O3.ClH/c1-4-28-18-15(30-12-13-6-5-9-23-10-13)11-24-14(7-8-21(2,3)29)16(18)25-20(28)17-19(22)27-31-26-17;/h11,13,23,29H,4-6,9-10,12H2,1-3H3,(H2,22,27);1H/t13-;/m0./s1. The SMILES string of the molecule is CCn1c(-c2nonc2N)nc2c(C#CC(C)(C)O)ncc(OC[C@H]3CCCNC3)c21.Cl. The number of hydrogen-bond acceptors (Lipinski definition) is 9. The van der Waals surface area contributed by atoms with Crippen molar-refractivity contribution in [2.45, 2.75) is 45.8 Å². The molecule has 0 amide bonds. The summed E-state index contributed by atoms with van der Waals surface area (Å²) in [6, 6.07) is 0. The predicted octanol–water partition coefficient (Wildman–Crippen LogP) is 2.01. The number of ether oxygens (including phenoxy) is 1. The van der Waals surface area contributed by atoms with Gasteiger partial charge in [-0.1, -0.05) is 5.92 Å². The lowest BCUT2D eigenvalue weighted by Gasteiger charge is -2.23. The summed E-state index contributed by atoms with van der Waals surface area (Å²) in [7, 11) is 0. The molecule has 1 aliphatic rings. The van der Waals surface area contributed by atoms with Crippen LogP contribution >= 0.6 is 12.4 Å². The first-order valence-electron chi connectivity index (χ1n) is 10.4. The molecular formula is C21H28ClN7O3. The van der Waals surface area contributed by atoms with Gasteiger partial charge in [-0.15, -0.1) is 12.4 Å². The number of aliphatic hydroxyl groups is 1. The Morgan fingerprint density at radius 2 is 2.22 bits per heavy atom. The van der Waals surface area contributed by atoms with Crippen molar-refractivity contribution >= 4 is 29.3 Å². The topological polar surface area (TPSA) is 137 Å². The van der Waals surface area contributed by atoms with Crippen LogP contribution < -0.4 is 15.8 Å². The van der Waals surface area contributed by atoms with Crippen LogP contribution in [0.3, 0.4) is 0 Å². The highest BCUT2D eigenvalue weighted by molar-refractivity contribution is 5.89. The summed E-state index contributed by atoms with van der Waals surface area (Å²) in [5.74, 6) is 7.44. The molecule has 3 aromatic rings. The van der Waals surface area contributed by atoms with E-state index in [4.69, 9.17) is 20.1 Å². The third kappa shape index (κ3) is 4.96. The molecule has 3 aromatic heterocycles. The first-order valence-corrected chi connectivity index (χ1v) is 10.4. The van der Waals surface area contributed by atoms with Crippen LogP contribution in [0.1, 0.15) is 39.3 Å². The van der Waals surface area contributed by atoms with Gasteiger partial charge in [0.05, 0.1) is 12.8 Å². The van der Waals surface area contributed by atoms with E-state index in [1.807, 2.05) is 11.5 Å². The number of piperidine rings is 1. The van der Waals surface area contributed by atoms with E-state index in [1.54, 1.807) is 20.0 Å². The molecule has 1 saturated heterocycles. The first-order chi connectivity index (χ1) is 14.9. The molecule has 0 bridgehead atoms. The number of aryl methyl sites for hydroxylation is 1. The number of rotatable bonds is 5. The van der Waals surface area contributed by atoms with Crippen LogP contribution in [0, 0.1) is 17.8 Å². The molecule has 0 radical (unpaired) electrons. The molecule has 0 aliphatic carbocycles. The monoisotopic (exact) mass is 461 g/mol. The van der Waals surface area contributed by atoms with Crippen molar-refractivity contribution in [3.8, 4) is 29.1 Å². The molecule has 10 nitrogen and oxygen atoms in total. The van der Waals surface area contributed by atoms with E-state index in [0.29, 0.717) is 47.5 Å². The fourth-order valence-electron chi connectivity index (χ4n) is 3.64. The van der Waals surface area contributed by atoms with Gasteiger partial charge < -0.3 is 25.5 Å². The molecular weight excluding hydrogens is 434 g/mol. The van der Waals surface area contributed by atoms with Crippen molar-refractivity contribution in [1.29, 1.82) is 0 Å². The van der Waals surface area contributed by atoms with Crippen LogP contribution in [0.2, 0.25) is 0 Å². The van der Waals surface area contributed by atoms with E-state index in [9.17, 15) is 5.11 Å². The number of nitrogen functional groups attached to an aromatic ring is 1. The van der Waals surface area contributed by atoms with E-state index in [-0.39, 0.29) is 18.2 Å². The van der Waals surface area contributed by atoms with E-state index in [0.717, 1.165) is 31.4 Å². The molecule has 4 heterocycles. The summed E-state index contributed by atoms with van der Waals surface area (Å²) in [6.45, 7) is 8.38. The predicted molar refractivity (Wildman–Crippen MR) is 122 cm³/mol. The molecule has 0 spiro atoms. The average molecular weight is 462 g/mol. The summed E-state index contributed by atoms with van der Waals surface area (Å²) in [5, 5.41) is 21.0. The second kappa shape index (κ2) is 9.73. The Hall–Kier alpha value is -2.87. The lowest BCUT2D eigenvalue weighted by atomic mass is 10.0. The fraction of sp³-hybridized carbons (Fsp3) is 0.524. The van der Waals surface area contributed by atoms with E-state index >= 15 is 0 Å². The van der Waals surface area contributed by atoms with Gasteiger partial charge in [-0.25, -0.2) is 14.6 Å². The summed E-state index contributed by atoms with van der Waals surface area (Å²) in [6.07, 6.45) is 3.93. The summed E-state index contributed by atoms with van der Waals surface area (Å²) >= 11 is 0. The number of nitrogens with one attached hydrogen (secondary N) is 1. The Bertz CT molecular complexity index is 1130. The summed E-state index contributed by atoms with van der Waals surface area (Å²) in [5.41, 5.74) is 6.86. The lowest BCUT2D eigenvalue weighted by molar-refractivity contribution is 0.143. The quantitative estimate of drug-likeness (QED) is 0.487. The van der Waals surface area contributed by atoms with Crippen molar-refractivity contribution in [2.75, 3.05) is 25.4 Å². The van der Waals surface area contributed by atoms with Gasteiger partial charge in [-0.3, -0.25) is 0 Å². The van der Waals surface area contributed by atoms with Gasteiger partial charge in [0.2, 0.25) is 0 Å². The second-order valence-corrected chi connectivity index (χ2v) is 8.18. The van der Waals surface area contributed by atoms with Crippen LogP contribution in [0.5, 0.6) is 5.75 Å². The second-order valence-electron chi connectivity index (χ2n) is 8.18. The zero-order chi connectivity index (χ0) is 22.0. The molecule has 1 fully saturated rings. The van der Waals surface area contributed by atoms with Gasteiger partial charge in [0.1, 0.15) is 22.3 Å². The van der Waals surface area contributed by atoms with Crippen LogP contribution in [0.4, 0.5) is 5.82 Å². The zero-order valence-electron chi connectivity index (χ0n) is 18.4. The molecule has 4 rings (SSSR count). The van der Waals surface area contributed by atoms with Gasteiger partial charge in [0, 0.05) is 19.0 Å². The molecule has 0 aromatic carbocycles. The minimum Gasteiger partial charge on any atom is -0.489 e. The minimum atomic E-state index is -1.16. The molecule has 4 N–H and O–H groups in total. The molecule has 1 atom stereocenters. The molecule has 0 unspecified atom stereocenters. The van der Waals surface area contributed by atoms with E-state index in [2.05, 4.69) is 32.5 Å². The number of nitrogens with zero attached hydrogens (tertiary/aromatic N) is 5. The number of pyridine rings is 1. The lowest BCUT2D eigenvalue weighted by Crippen LogP contribution is -2.33. The zero-order valence-corrected chi connectivity index (χ0v) is 19.2. The average Bonchev–Trinajstić information content (AvgIpc) is 3.34. The number of imidazole rings is 1. The third-order valence-corrected chi connectivity index (χ3v) is 5.14. The maximum absolute atomic E-state index is 10.0. The normalized spacial score (nSPS) is 16.3. The summed E-state index contributed by atoms with van der Waals surface area (Å²) < 4.78 is 12.9. The van der Waals surface area contributed by atoms with Crippen LogP contribution in [-0.4, -0.2) is 55.3 Å². The Balaban J connectivity index is 0.00000289.